The van der Waals surface area contributed by atoms with Gasteiger partial charge in [-0.3, -0.25) is 0 Å². The molecular formula is C10H20N2O2S. The van der Waals surface area contributed by atoms with E-state index in [1.54, 1.807) is 11.8 Å². The number of carbonyl (C=O) groups excluding carboxylic acids is 1. The van der Waals surface area contributed by atoms with Crippen molar-refractivity contribution in [2.75, 3.05) is 19.4 Å². The van der Waals surface area contributed by atoms with E-state index in [0.29, 0.717) is 5.92 Å². The van der Waals surface area contributed by atoms with Gasteiger partial charge in [0.1, 0.15) is 0 Å². The highest BCUT2D eigenvalue weighted by molar-refractivity contribution is 7.99. The van der Waals surface area contributed by atoms with Crippen LogP contribution in [0.1, 0.15) is 19.8 Å². The third-order valence-corrected chi connectivity index (χ3v) is 3.81. The highest BCUT2D eigenvalue weighted by Crippen LogP contribution is 2.27. The second-order valence-corrected chi connectivity index (χ2v) is 5.12. The second-order valence-electron chi connectivity index (χ2n) is 4.04. The fourth-order valence-electron chi connectivity index (χ4n) is 1.35. The summed E-state index contributed by atoms with van der Waals surface area (Å²) < 4.78 is 0. The lowest BCUT2D eigenvalue weighted by molar-refractivity contribution is 0.232. The van der Waals surface area contributed by atoms with Gasteiger partial charge in [0.15, 0.2) is 0 Å². The van der Waals surface area contributed by atoms with E-state index in [2.05, 4.69) is 10.6 Å². The molecule has 15 heavy (non-hydrogen) atoms. The predicted octanol–water partition coefficient (Wildman–Crippen LogP) is 0.808. The highest BCUT2D eigenvalue weighted by Gasteiger charge is 2.22. The van der Waals surface area contributed by atoms with Crippen molar-refractivity contribution >= 4 is 17.8 Å². The van der Waals surface area contributed by atoms with Crippen molar-refractivity contribution in [2.45, 2.75) is 31.1 Å². The van der Waals surface area contributed by atoms with Crippen molar-refractivity contribution in [1.29, 1.82) is 0 Å². The van der Waals surface area contributed by atoms with Crippen LogP contribution in [0.2, 0.25) is 0 Å². The van der Waals surface area contributed by atoms with Gasteiger partial charge in [-0.15, -0.1) is 0 Å². The standard InChI is InChI=1S/C10H20N2O2S/c1-7(9(6-13)15-2)12-10(14)11-5-8-3-4-8/h7-9,13H,3-6H2,1-2H3,(H2,11,12,14). The van der Waals surface area contributed by atoms with E-state index in [9.17, 15) is 4.79 Å². The van der Waals surface area contributed by atoms with Crippen molar-refractivity contribution in [3.8, 4) is 0 Å². The maximum absolute atomic E-state index is 11.4. The Morgan fingerprint density at radius 3 is 2.73 bits per heavy atom. The molecule has 1 aliphatic carbocycles. The number of hydrogen-bond acceptors (Lipinski definition) is 3. The Morgan fingerprint density at radius 2 is 2.27 bits per heavy atom. The van der Waals surface area contributed by atoms with Gasteiger partial charge in [-0.1, -0.05) is 0 Å². The van der Waals surface area contributed by atoms with E-state index in [1.165, 1.54) is 12.8 Å². The first-order valence-corrected chi connectivity index (χ1v) is 6.64. The van der Waals surface area contributed by atoms with Crippen LogP contribution in [0.4, 0.5) is 4.79 Å². The van der Waals surface area contributed by atoms with Crippen LogP contribution in [0.5, 0.6) is 0 Å². The molecule has 0 aromatic heterocycles. The molecule has 0 spiro atoms. The molecule has 1 rings (SSSR count). The molecule has 3 N–H and O–H groups in total. The van der Waals surface area contributed by atoms with Gasteiger partial charge in [-0.05, 0) is 31.9 Å². The fraction of sp³-hybridized carbons (Fsp3) is 0.900. The van der Waals surface area contributed by atoms with Crippen LogP contribution in [0, 0.1) is 5.92 Å². The van der Waals surface area contributed by atoms with Crippen LogP contribution >= 0.6 is 11.8 Å². The molecular weight excluding hydrogens is 212 g/mol. The molecule has 2 unspecified atom stereocenters. The van der Waals surface area contributed by atoms with E-state index in [0.717, 1.165) is 6.54 Å². The van der Waals surface area contributed by atoms with Crippen molar-refractivity contribution in [2.24, 2.45) is 5.92 Å². The zero-order chi connectivity index (χ0) is 11.3. The summed E-state index contributed by atoms with van der Waals surface area (Å²) >= 11 is 1.56. The summed E-state index contributed by atoms with van der Waals surface area (Å²) in [7, 11) is 0. The van der Waals surface area contributed by atoms with Gasteiger partial charge in [-0.25, -0.2) is 4.79 Å². The number of rotatable bonds is 6. The quantitative estimate of drug-likeness (QED) is 0.635. The Bertz CT molecular complexity index is 206. The molecule has 1 fully saturated rings. The lowest BCUT2D eigenvalue weighted by atomic mass is 10.2. The maximum Gasteiger partial charge on any atom is 0.315 e. The molecule has 5 heteroatoms. The van der Waals surface area contributed by atoms with Crippen molar-refractivity contribution in [3.63, 3.8) is 0 Å². The van der Waals surface area contributed by atoms with Gasteiger partial charge in [0, 0.05) is 17.8 Å². The molecule has 0 bridgehead atoms. The smallest absolute Gasteiger partial charge is 0.315 e. The average Bonchev–Trinajstić information content (AvgIpc) is 3.00. The molecule has 0 aliphatic heterocycles. The predicted molar refractivity (Wildman–Crippen MR) is 63.1 cm³/mol. The number of carbonyl (C=O) groups is 1. The van der Waals surface area contributed by atoms with E-state index in [4.69, 9.17) is 5.11 Å². The summed E-state index contributed by atoms with van der Waals surface area (Å²) in [6, 6.07) is -0.133. The number of thioether (sulfide) groups is 1. The Hall–Kier alpha value is -0.420. The Labute approximate surface area is 95.2 Å². The van der Waals surface area contributed by atoms with E-state index < -0.39 is 0 Å². The van der Waals surface area contributed by atoms with E-state index >= 15 is 0 Å². The summed E-state index contributed by atoms with van der Waals surface area (Å²) in [4.78, 5) is 11.4. The monoisotopic (exact) mass is 232 g/mol. The van der Waals surface area contributed by atoms with Crippen molar-refractivity contribution < 1.29 is 9.90 Å². The summed E-state index contributed by atoms with van der Waals surface area (Å²) in [5.74, 6) is 0.695. The molecule has 88 valence electrons. The molecule has 4 nitrogen and oxygen atoms in total. The van der Waals surface area contributed by atoms with Crippen molar-refractivity contribution in [3.05, 3.63) is 0 Å². The molecule has 0 heterocycles. The molecule has 0 radical (unpaired) electrons. The molecule has 1 saturated carbocycles. The fourth-order valence-corrected chi connectivity index (χ4v) is 1.97. The summed E-state index contributed by atoms with van der Waals surface area (Å²) in [5.41, 5.74) is 0. The van der Waals surface area contributed by atoms with Crippen molar-refractivity contribution in [1.82, 2.24) is 10.6 Å². The van der Waals surface area contributed by atoms with Gasteiger partial charge in [0.25, 0.3) is 0 Å². The van der Waals surface area contributed by atoms with Gasteiger partial charge < -0.3 is 15.7 Å². The number of aliphatic hydroxyl groups excluding tert-OH is 1. The SMILES string of the molecule is CSC(CO)C(C)NC(=O)NCC1CC1. The number of nitrogens with one attached hydrogen (secondary N) is 2. The Balaban J connectivity index is 2.16. The zero-order valence-electron chi connectivity index (χ0n) is 9.32. The summed E-state index contributed by atoms with van der Waals surface area (Å²) in [6.07, 6.45) is 4.40. The van der Waals surface area contributed by atoms with Crippen LogP contribution in [0.25, 0.3) is 0 Å². The first-order valence-electron chi connectivity index (χ1n) is 5.35. The van der Waals surface area contributed by atoms with Crippen LogP contribution in [0.15, 0.2) is 0 Å². The molecule has 0 aromatic rings. The highest BCUT2D eigenvalue weighted by atomic mass is 32.2. The van der Waals surface area contributed by atoms with Crippen LogP contribution < -0.4 is 10.6 Å². The summed E-state index contributed by atoms with van der Waals surface area (Å²) in [5, 5.41) is 14.8. The van der Waals surface area contributed by atoms with Gasteiger partial charge in [0.2, 0.25) is 0 Å². The van der Waals surface area contributed by atoms with Gasteiger partial charge >= 0.3 is 6.03 Å². The van der Waals surface area contributed by atoms with Gasteiger partial charge in [-0.2, -0.15) is 11.8 Å². The third kappa shape index (κ3) is 4.75. The number of aliphatic hydroxyl groups is 1. The average molecular weight is 232 g/mol. The Kier molecular flexibility index (Phi) is 5.25. The van der Waals surface area contributed by atoms with Crippen LogP contribution in [0.3, 0.4) is 0 Å². The third-order valence-electron chi connectivity index (χ3n) is 2.65. The lowest BCUT2D eigenvalue weighted by Crippen LogP contribution is -2.46. The van der Waals surface area contributed by atoms with Gasteiger partial charge in [0.05, 0.1) is 6.61 Å². The normalized spacial score (nSPS) is 19.4. The topological polar surface area (TPSA) is 61.4 Å². The molecule has 2 amide bonds. The van der Waals surface area contributed by atoms with E-state index in [1.807, 2.05) is 13.2 Å². The number of amides is 2. The Morgan fingerprint density at radius 1 is 1.60 bits per heavy atom. The lowest BCUT2D eigenvalue weighted by Gasteiger charge is -2.21. The minimum atomic E-state index is -0.123. The minimum absolute atomic E-state index is 0.01000. The second kappa shape index (κ2) is 6.23. The first-order chi connectivity index (χ1) is 7.17. The van der Waals surface area contributed by atoms with E-state index in [-0.39, 0.29) is 23.9 Å². The number of hydrogen-bond donors (Lipinski definition) is 3. The maximum atomic E-state index is 11.4. The van der Waals surface area contributed by atoms with Crippen LogP contribution in [-0.2, 0) is 0 Å². The molecule has 1 aliphatic rings. The van der Waals surface area contributed by atoms with Crippen LogP contribution in [-0.4, -0.2) is 41.8 Å². The number of urea groups is 1. The molecule has 0 saturated heterocycles. The zero-order valence-corrected chi connectivity index (χ0v) is 10.1. The molecule has 2 atom stereocenters. The molecule has 0 aromatic carbocycles. The minimum Gasteiger partial charge on any atom is -0.395 e. The largest absolute Gasteiger partial charge is 0.395 e. The summed E-state index contributed by atoms with van der Waals surface area (Å²) in [6.45, 7) is 2.78. The first kappa shape index (κ1) is 12.6.